The Morgan fingerprint density at radius 1 is 0.975 bits per heavy atom. The van der Waals surface area contributed by atoms with Crippen molar-refractivity contribution in [2.75, 3.05) is 13.1 Å². The van der Waals surface area contributed by atoms with E-state index in [9.17, 15) is 18.0 Å². The Morgan fingerprint density at radius 2 is 1.73 bits per heavy atom. The monoisotopic (exact) mass is 564 g/mol. The highest BCUT2D eigenvalue weighted by atomic mass is 32.1. The number of nitrogens with zero attached hydrogens (tertiary/aromatic N) is 4. The molecule has 5 aromatic rings. The molecule has 3 heterocycles. The summed E-state index contributed by atoms with van der Waals surface area (Å²) in [6, 6.07) is 21.8. The average Bonchev–Trinajstić information content (AvgIpc) is 3.61. The quantitative estimate of drug-likeness (QED) is 0.200. The second kappa shape index (κ2) is 10.8. The number of alkyl halides is 3. The number of hydrogen-bond acceptors (Lipinski definition) is 8. The van der Waals surface area contributed by atoms with Gasteiger partial charge in [-0.1, -0.05) is 48.5 Å². The molecule has 0 unspecified atom stereocenters. The first-order valence-corrected chi connectivity index (χ1v) is 13.5. The molecule has 1 aliphatic heterocycles. The van der Waals surface area contributed by atoms with Gasteiger partial charge in [-0.2, -0.15) is 0 Å². The number of carbonyl (C=O) groups is 1. The molecule has 204 valence electrons. The fourth-order valence-corrected chi connectivity index (χ4v) is 5.74. The van der Waals surface area contributed by atoms with Gasteiger partial charge < -0.3 is 9.15 Å². The van der Waals surface area contributed by atoms with Gasteiger partial charge in [0.05, 0.1) is 10.2 Å². The Morgan fingerprint density at radius 3 is 2.45 bits per heavy atom. The maximum atomic E-state index is 13.1. The summed E-state index contributed by atoms with van der Waals surface area (Å²) >= 11 is 1.30. The van der Waals surface area contributed by atoms with Crippen LogP contribution in [-0.2, 0) is 6.54 Å². The molecular weight excluding hydrogens is 541 g/mol. The number of ketones is 1. The number of piperidine rings is 1. The van der Waals surface area contributed by atoms with Crippen molar-refractivity contribution in [3.63, 3.8) is 0 Å². The number of thiazole rings is 1. The van der Waals surface area contributed by atoms with Crippen LogP contribution >= 0.6 is 11.3 Å². The Hall–Kier alpha value is -4.09. The molecule has 0 aliphatic carbocycles. The van der Waals surface area contributed by atoms with Crippen LogP contribution in [0.25, 0.3) is 21.3 Å². The van der Waals surface area contributed by atoms with Gasteiger partial charge in [0.1, 0.15) is 5.75 Å². The minimum atomic E-state index is -4.70. The maximum absolute atomic E-state index is 13.1. The first-order chi connectivity index (χ1) is 19.3. The number of halogens is 3. The van der Waals surface area contributed by atoms with Crippen molar-refractivity contribution >= 4 is 27.3 Å². The molecule has 0 bridgehead atoms. The number of rotatable bonds is 7. The van der Waals surface area contributed by atoms with Gasteiger partial charge in [0, 0.05) is 12.5 Å². The second-order valence-electron chi connectivity index (χ2n) is 9.58. The van der Waals surface area contributed by atoms with E-state index in [0.29, 0.717) is 17.4 Å². The molecule has 0 amide bonds. The van der Waals surface area contributed by atoms with Gasteiger partial charge in [-0.05, 0) is 66.9 Å². The summed E-state index contributed by atoms with van der Waals surface area (Å²) < 4.78 is 47.7. The summed E-state index contributed by atoms with van der Waals surface area (Å²) in [6.07, 6.45) is -3.19. The summed E-state index contributed by atoms with van der Waals surface area (Å²) in [5.41, 5.74) is 3.77. The van der Waals surface area contributed by atoms with E-state index in [0.717, 1.165) is 52.8 Å². The van der Waals surface area contributed by atoms with Crippen LogP contribution in [0.4, 0.5) is 13.2 Å². The van der Waals surface area contributed by atoms with E-state index in [1.165, 1.54) is 23.5 Å². The molecule has 2 aromatic heterocycles. The third-order valence-corrected chi connectivity index (χ3v) is 7.84. The highest BCUT2D eigenvalue weighted by Crippen LogP contribution is 2.31. The first-order valence-electron chi connectivity index (χ1n) is 12.7. The molecule has 0 radical (unpaired) electrons. The van der Waals surface area contributed by atoms with Crippen molar-refractivity contribution in [1.82, 2.24) is 20.1 Å². The standard InChI is InChI=1S/C29H23F3N4O3S/c30-29(31,32)39-22-9-6-18(7-10-22)17-36-14-12-20(13-15-36)26-34-35-27(38-26)25(37)28-33-23-11-8-21(16-24(23)40-28)19-4-2-1-3-5-19/h1-11,16,20H,12-15,17H2. The number of carbonyl (C=O) groups excluding carboxylic acids is 1. The fraction of sp³-hybridized carbons (Fsp3) is 0.241. The van der Waals surface area contributed by atoms with Crippen molar-refractivity contribution < 1.29 is 27.1 Å². The lowest BCUT2D eigenvalue weighted by molar-refractivity contribution is -0.274. The topological polar surface area (TPSA) is 81.4 Å². The fourth-order valence-electron chi connectivity index (χ4n) is 4.81. The van der Waals surface area contributed by atoms with Crippen LogP contribution in [0.15, 0.2) is 77.2 Å². The van der Waals surface area contributed by atoms with Gasteiger partial charge in [0.25, 0.3) is 11.7 Å². The molecular formula is C29H23F3N4O3S. The van der Waals surface area contributed by atoms with Crippen LogP contribution in [0.2, 0.25) is 0 Å². The van der Waals surface area contributed by atoms with Crippen LogP contribution in [0.3, 0.4) is 0 Å². The SMILES string of the molecule is O=C(c1nnc(C2CCN(Cc3ccc(OC(F)(F)F)cc3)CC2)o1)c1nc2ccc(-c3ccccc3)cc2s1. The zero-order valence-electron chi connectivity index (χ0n) is 21.1. The molecule has 1 fully saturated rings. The number of likely N-dealkylation sites (tertiary alicyclic amines) is 1. The lowest BCUT2D eigenvalue weighted by Crippen LogP contribution is -2.32. The third kappa shape index (κ3) is 5.90. The molecule has 0 N–H and O–H groups in total. The van der Waals surface area contributed by atoms with E-state index in [-0.39, 0.29) is 17.6 Å². The smallest absolute Gasteiger partial charge is 0.418 e. The Labute approximate surface area is 231 Å². The van der Waals surface area contributed by atoms with E-state index in [4.69, 9.17) is 4.42 Å². The Balaban J connectivity index is 1.07. The van der Waals surface area contributed by atoms with Gasteiger partial charge in [0.2, 0.25) is 5.89 Å². The van der Waals surface area contributed by atoms with Crippen LogP contribution in [-0.4, -0.2) is 45.3 Å². The number of aromatic nitrogens is 3. The van der Waals surface area contributed by atoms with Crippen LogP contribution < -0.4 is 4.74 Å². The number of benzene rings is 3. The van der Waals surface area contributed by atoms with E-state index >= 15 is 0 Å². The molecule has 7 nitrogen and oxygen atoms in total. The summed E-state index contributed by atoms with van der Waals surface area (Å²) in [7, 11) is 0. The molecule has 3 aromatic carbocycles. The molecule has 11 heteroatoms. The lowest BCUT2D eigenvalue weighted by Gasteiger charge is -2.30. The van der Waals surface area contributed by atoms with Crippen LogP contribution in [0.1, 0.15) is 45.9 Å². The van der Waals surface area contributed by atoms with E-state index in [1.807, 2.05) is 48.5 Å². The average molecular weight is 565 g/mol. The molecule has 1 saturated heterocycles. The Kier molecular flexibility index (Phi) is 7.07. The van der Waals surface area contributed by atoms with Crippen molar-refractivity contribution in [2.45, 2.75) is 31.7 Å². The first kappa shape index (κ1) is 26.1. The number of ether oxygens (including phenoxy) is 1. The van der Waals surface area contributed by atoms with Gasteiger partial charge in [-0.15, -0.1) is 34.7 Å². The highest BCUT2D eigenvalue weighted by Gasteiger charge is 2.31. The van der Waals surface area contributed by atoms with Crippen LogP contribution in [0.5, 0.6) is 5.75 Å². The number of hydrogen-bond donors (Lipinski definition) is 0. The molecule has 1 aliphatic rings. The minimum Gasteiger partial charge on any atom is -0.418 e. The van der Waals surface area contributed by atoms with Crippen molar-refractivity contribution in [2.24, 2.45) is 0 Å². The van der Waals surface area contributed by atoms with Gasteiger partial charge >= 0.3 is 6.36 Å². The van der Waals surface area contributed by atoms with Crippen LogP contribution in [0, 0.1) is 0 Å². The van der Waals surface area contributed by atoms with E-state index in [1.54, 1.807) is 12.1 Å². The summed E-state index contributed by atoms with van der Waals surface area (Å²) in [5.74, 6) is -0.238. The molecule has 0 spiro atoms. The van der Waals surface area contributed by atoms with Crippen molar-refractivity contribution in [1.29, 1.82) is 0 Å². The summed E-state index contributed by atoms with van der Waals surface area (Å²) in [6.45, 7) is 2.10. The molecule has 0 atom stereocenters. The second-order valence-corrected chi connectivity index (χ2v) is 10.6. The third-order valence-electron chi connectivity index (χ3n) is 6.82. The number of fused-ring (bicyclic) bond motifs is 1. The minimum absolute atomic E-state index is 0.0247. The zero-order valence-corrected chi connectivity index (χ0v) is 21.9. The van der Waals surface area contributed by atoms with Crippen molar-refractivity contribution in [3.05, 3.63) is 95.1 Å². The van der Waals surface area contributed by atoms with Crippen molar-refractivity contribution in [3.8, 4) is 16.9 Å². The largest absolute Gasteiger partial charge is 0.573 e. The van der Waals surface area contributed by atoms with Gasteiger partial charge in [-0.3, -0.25) is 9.69 Å². The van der Waals surface area contributed by atoms with Gasteiger partial charge in [-0.25, -0.2) is 4.98 Å². The predicted octanol–water partition coefficient (Wildman–Crippen LogP) is 6.86. The Bertz CT molecular complexity index is 1630. The van der Waals surface area contributed by atoms with Gasteiger partial charge in [0.15, 0.2) is 5.01 Å². The molecule has 40 heavy (non-hydrogen) atoms. The predicted molar refractivity (Wildman–Crippen MR) is 143 cm³/mol. The van der Waals surface area contributed by atoms with E-state index in [2.05, 4.69) is 24.8 Å². The lowest BCUT2D eigenvalue weighted by atomic mass is 9.96. The zero-order chi connectivity index (χ0) is 27.7. The molecule has 0 saturated carbocycles. The normalized spacial score (nSPS) is 15.0. The molecule has 6 rings (SSSR count). The maximum Gasteiger partial charge on any atom is 0.573 e. The highest BCUT2D eigenvalue weighted by molar-refractivity contribution is 7.20. The summed E-state index contributed by atoms with van der Waals surface area (Å²) in [5, 5.41) is 8.48. The summed E-state index contributed by atoms with van der Waals surface area (Å²) in [4.78, 5) is 19.8. The van der Waals surface area contributed by atoms with E-state index < -0.39 is 12.1 Å².